The van der Waals surface area contributed by atoms with Crippen LogP contribution in [0.25, 0.3) is 0 Å². The molecule has 0 aliphatic carbocycles. The zero-order chi connectivity index (χ0) is 20.1. The van der Waals surface area contributed by atoms with E-state index >= 15 is 0 Å². The summed E-state index contributed by atoms with van der Waals surface area (Å²) in [7, 11) is 0. The van der Waals surface area contributed by atoms with Crippen LogP contribution in [0.15, 0.2) is 42.6 Å². The highest BCUT2D eigenvalue weighted by atomic mass is 19.4. The number of benzene rings is 1. The van der Waals surface area contributed by atoms with Crippen molar-refractivity contribution in [2.45, 2.75) is 32.0 Å². The van der Waals surface area contributed by atoms with Gasteiger partial charge in [-0.15, -0.1) is 0 Å². The van der Waals surface area contributed by atoms with E-state index in [1.807, 2.05) is 11.8 Å². The minimum Gasteiger partial charge on any atom is -0.439 e. The van der Waals surface area contributed by atoms with Crippen LogP contribution >= 0.6 is 0 Å². The lowest BCUT2D eigenvalue weighted by molar-refractivity contribution is -0.137. The number of nitrogens with one attached hydrogen (secondary N) is 1. The van der Waals surface area contributed by atoms with Gasteiger partial charge in [0.15, 0.2) is 0 Å². The normalized spacial score (nSPS) is 16.8. The van der Waals surface area contributed by atoms with Crippen molar-refractivity contribution in [2.75, 3.05) is 19.6 Å². The fourth-order valence-corrected chi connectivity index (χ4v) is 3.16. The van der Waals surface area contributed by atoms with Crippen molar-refractivity contribution >= 4 is 5.91 Å². The van der Waals surface area contributed by atoms with Crippen molar-refractivity contribution in [1.82, 2.24) is 15.2 Å². The highest BCUT2D eigenvalue weighted by molar-refractivity contribution is 5.94. The van der Waals surface area contributed by atoms with Crippen molar-refractivity contribution in [3.05, 3.63) is 53.7 Å². The Kier molecular flexibility index (Phi) is 6.18. The van der Waals surface area contributed by atoms with Crippen LogP contribution in [0.4, 0.5) is 13.2 Å². The van der Waals surface area contributed by atoms with E-state index < -0.39 is 11.7 Å². The van der Waals surface area contributed by atoms with Gasteiger partial charge < -0.3 is 15.0 Å². The lowest BCUT2D eigenvalue weighted by Crippen LogP contribution is -2.42. The van der Waals surface area contributed by atoms with E-state index in [1.54, 1.807) is 24.3 Å². The molecule has 1 aliphatic rings. The molecule has 150 valence electrons. The van der Waals surface area contributed by atoms with Gasteiger partial charge in [0, 0.05) is 37.0 Å². The van der Waals surface area contributed by atoms with Gasteiger partial charge in [-0.2, -0.15) is 13.2 Å². The number of halogens is 3. The van der Waals surface area contributed by atoms with Gasteiger partial charge in [-0.1, -0.05) is 6.92 Å². The van der Waals surface area contributed by atoms with Crippen LogP contribution < -0.4 is 10.1 Å². The number of alkyl halides is 3. The molecule has 2 aromatic rings. The molecule has 1 aromatic heterocycles. The number of amides is 1. The molecule has 3 rings (SSSR count). The van der Waals surface area contributed by atoms with Gasteiger partial charge in [-0.25, -0.2) is 4.98 Å². The summed E-state index contributed by atoms with van der Waals surface area (Å²) in [6.45, 7) is 4.44. The summed E-state index contributed by atoms with van der Waals surface area (Å²) in [6, 6.07) is 8.82. The maximum atomic E-state index is 12.9. The molecule has 1 atom stereocenters. The fraction of sp³-hybridized carbons (Fsp3) is 0.400. The van der Waals surface area contributed by atoms with Crippen LogP contribution in [0.2, 0.25) is 0 Å². The summed E-state index contributed by atoms with van der Waals surface area (Å²) in [4.78, 5) is 18.4. The number of nitrogens with zero attached hydrogens (tertiary/aromatic N) is 2. The maximum Gasteiger partial charge on any atom is 0.417 e. The highest BCUT2D eigenvalue weighted by Gasteiger charge is 2.30. The van der Waals surface area contributed by atoms with Crippen LogP contribution in [0.3, 0.4) is 0 Å². The van der Waals surface area contributed by atoms with Crippen LogP contribution in [0.5, 0.6) is 11.6 Å². The van der Waals surface area contributed by atoms with E-state index in [-0.39, 0.29) is 17.8 Å². The molecule has 1 unspecified atom stereocenters. The third-order valence-corrected chi connectivity index (χ3v) is 4.59. The van der Waals surface area contributed by atoms with Crippen LogP contribution in [0.1, 0.15) is 35.7 Å². The number of aromatic nitrogens is 1. The summed E-state index contributed by atoms with van der Waals surface area (Å²) < 4.78 is 43.2. The van der Waals surface area contributed by atoms with E-state index in [2.05, 4.69) is 10.3 Å². The van der Waals surface area contributed by atoms with Crippen LogP contribution in [0, 0.1) is 0 Å². The van der Waals surface area contributed by atoms with Gasteiger partial charge in [0.05, 0.1) is 5.56 Å². The molecule has 0 spiro atoms. The number of hydrogen-bond donors (Lipinski definition) is 1. The molecule has 1 amide bonds. The average molecular weight is 393 g/mol. The lowest BCUT2D eigenvalue weighted by atomic mass is 10.1. The standard InChI is InChI=1S/C20H22F3N3O2/c1-2-11-26(16-9-10-24-13-16)19(27)14-3-6-17(7-4-14)28-18-8-5-15(12-25-18)20(21,22)23/h3-8,12,16,24H,2,9-11,13H2,1H3. The second kappa shape index (κ2) is 8.60. The van der Waals surface area contributed by atoms with Gasteiger partial charge in [0.25, 0.3) is 5.91 Å². The molecule has 1 fully saturated rings. The topological polar surface area (TPSA) is 54.5 Å². The minimum atomic E-state index is -4.44. The number of rotatable bonds is 6. The van der Waals surface area contributed by atoms with Crippen molar-refractivity contribution in [3.63, 3.8) is 0 Å². The lowest BCUT2D eigenvalue weighted by Gasteiger charge is -2.28. The number of hydrogen-bond acceptors (Lipinski definition) is 4. The van der Waals surface area contributed by atoms with E-state index in [9.17, 15) is 18.0 Å². The monoisotopic (exact) mass is 393 g/mol. The van der Waals surface area contributed by atoms with Gasteiger partial charge in [0.2, 0.25) is 5.88 Å². The second-order valence-corrected chi connectivity index (χ2v) is 6.65. The molecule has 2 heterocycles. The minimum absolute atomic E-state index is 0.0326. The maximum absolute atomic E-state index is 12.9. The SMILES string of the molecule is CCCN(C(=O)c1ccc(Oc2ccc(C(F)(F)F)cn2)cc1)C1CCNC1. The zero-order valence-corrected chi connectivity index (χ0v) is 15.5. The van der Waals surface area contributed by atoms with Crippen LogP contribution in [-0.4, -0.2) is 41.5 Å². The molecule has 0 saturated carbocycles. The van der Waals surface area contributed by atoms with Crippen molar-refractivity contribution in [3.8, 4) is 11.6 Å². The fourth-order valence-electron chi connectivity index (χ4n) is 3.16. The molecule has 1 aromatic carbocycles. The van der Waals surface area contributed by atoms with E-state index in [0.717, 1.165) is 44.3 Å². The summed E-state index contributed by atoms with van der Waals surface area (Å²) in [6.07, 6.45) is -1.90. The molecular formula is C20H22F3N3O2. The van der Waals surface area contributed by atoms with Crippen molar-refractivity contribution in [1.29, 1.82) is 0 Å². The molecule has 0 bridgehead atoms. The molecule has 8 heteroatoms. The molecule has 1 N–H and O–H groups in total. The Balaban J connectivity index is 1.67. The highest BCUT2D eigenvalue weighted by Crippen LogP contribution is 2.30. The quantitative estimate of drug-likeness (QED) is 0.803. The summed E-state index contributed by atoms with van der Waals surface area (Å²) in [5.74, 6) is 0.417. The summed E-state index contributed by atoms with van der Waals surface area (Å²) in [5.41, 5.74) is -0.286. The molecule has 5 nitrogen and oxygen atoms in total. The average Bonchev–Trinajstić information content (AvgIpc) is 3.20. The molecule has 1 saturated heterocycles. The van der Waals surface area contributed by atoms with E-state index in [1.165, 1.54) is 0 Å². The van der Waals surface area contributed by atoms with Gasteiger partial charge in [0.1, 0.15) is 5.75 Å². The second-order valence-electron chi connectivity index (χ2n) is 6.65. The predicted octanol–water partition coefficient (Wildman–Crippen LogP) is 4.11. The van der Waals surface area contributed by atoms with Gasteiger partial charge in [-0.05, 0) is 49.7 Å². The molecular weight excluding hydrogens is 371 g/mol. The molecule has 28 heavy (non-hydrogen) atoms. The summed E-state index contributed by atoms with van der Waals surface area (Å²) in [5, 5.41) is 3.28. The Bertz CT molecular complexity index is 786. The Labute approximate surface area is 161 Å². The third-order valence-electron chi connectivity index (χ3n) is 4.59. The zero-order valence-electron chi connectivity index (χ0n) is 15.5. The largest absolute Gasteiger partial charge is 0.439 e. The van der Waals surface area contributed by atoms with Crippen molar-refractivity contribution < 1.29 is 22.7 Å². The smallest absolute Gasteiger partial charge is 0.417 e. The summed E-state index contributed by atoms with van der Waals surface area (Å²) >= 11 is 0. The number of carbonyl (C=O) groups is 1. The number of ether oxygens (including phenoxy) is 1. The first-order chi connectivity index (χ1) is 13.4. The van der Waals surface area contributed by atoms with Crippen molar-refractivity contribution in [2.24, 2.45) is 0 Å². The molecule has 0 radical (unpaired) electrons. The Morgan fingerprint density at radius 3 is 2.54 bits per heavy atom. The first kappa shape index (κ1) is 20.1. The van der Waals surface area contributed by atoms with Crippen LogP contribution in [-0.2, 0) is 6.18 Å². The first-order valence-electron chi connectivity index (χ1n) is 9.21. The first-order valence-corrected chi connectivity index (χ1v) is 9.21. The predicted molar refractivity (Wildman–Crippen MR) is 98.4 cm³/mol. The van der Waals surface area contributed by atoms with Gasteiger partial charge in [-0.3, -0.25) is 4.79 Å². The number of pyridine rings is 1. The van der Waals surface area contributed by atoms with Gasteiger partial charge >= 0.3 is 6.18 Å². The third kappa shape index (κ3) is 4.81. The number of carbonyl (C=O) groups excluding carboxylic acids is 1. The van der Waals surface area contributed by atoms with E-state index in [0.29, 0.717) is 17.9 Å². The Morgan fingerprint density at radius 2 is 2.00 bits per heavy atom. The molecule has 1 aliphatic heterocycles. The Hall–Kier alpha value is -2.61. The Morgan fingerprint density at radius 1 is 1.25 bits per heavy atom. The van der Waals surface area contributed by atoms with E-state index in [4.69, 9.17) is 4.74 Å².